The fraction of sp³-hybridized carbons (Fsp3) is 0.875. The highest BCUT2D eigenvalue weighted by atomic mass is 32.2. The quantitative estimate of drug-likeness (QED) is 0.406. The highest BCUT2D eigenvalue weighted by molar-refractivity contribution is 7.86. The molecular weight excluding hydrogens is 334 g/mol. The molecule has 1 unspecified atom stereocenters. The molecule has 0 radical (unpaired) electrons. The van der Waals surface area contributed by atoms with Crippen molar-refractivity contribution in [3.05, 3.63) is 0 Å². The van der Waals surface area contributed by atoms with Crippen LogP contribution in [0.4, 0.5) is 0 Å². The number of ether oxygens (including phenoxy) is 1. The number of esters is 1. The van der Waals surface area contributed by atoms with Crippen molar-refractivity contribution in [2.75, 3.05) is 18.9 Å². The van der Waals surface area contributed by atoms with E-state index in [1.807, 2.05) is 27.7 Å². The van der Waals surface area contributed by atoms with E-state index in [0.717, 1.165) is 0 Å². The second kappa shape index (κ2) is 7.82. The van der Waals surface area contributed by atoms with Gasteiger partial charge in [-0.3, -0.25) is 14.1 Å². The Hall–Kier alpha value is -1.15. The molecule has 0 aliphatic carbocycles. The molecule has 0 saturated heterocycles. The van der Waals surface area contributed by atoms with Crippen molar-refractivity contribution in [3.8, 4) is 0 Å². The maximum Gasteiger partial charge on any atom is 0.312 e. The molecule has 2 N–H and O–H groups in total. The average molecular weight is 365 g/mol. The normalized spacial score (nSPS) is 15.5. The summed E-state index contributed by atoms with van der Waals surface area (Å²) in [4.78, 5) is 23.8. The number of hydrogen-bond acceptors (Lipinski definition) is 5. The summed E-state index contributed by atoms with van der Waals surface area (Å²) in [5.41, 5.74) is -1.08. The summed E-state index contributed by atoms with van der Waals surface area (Å²) in [5.74, 6) is -2.21. The van der Waals surface area contributed by atoms with Gasteiger partial charge in [0.1, 0.15) is 6.61 Å². The zero-order valence-corrected chi connectivity index (χ0v) is 16.5. The van der Waals surface area contributed by atoms with E-state index in [4.69, 9.17) is 9.29 Å². The lowest BCUT2D eigenvalue weighted by atomic mass is 9.61. The minimum Gasteiger partial charge on any atom is -0.463 e. The second-order valence-electron chi connectivity index (χ2n) is 8.53. The zero-order valence-electron chi connectivity index (χ0n) is 15.7. The van der Waals surface area contributed by atoms with Gasteiger partial charge in [-0.2, -0.15) is 8.42 Å². The van der Waals surface area contributed by atoms with E-state index in [9.17, 15) is 18.0 Å². The van der Waals surface area contributed by atoms with Crippen molar-refractivity contribution < 1.29 is 27.3 Å². The number of nitrogens with one attached hydrogen (secondary N) is 1. The molecule has 0 aliphatic heterocycles. The summed E-state index contributed by atoms with van der Waals surface area (Å²) >= 11 is 0. The van der Waals surface area contributed by atoms with Crippen molar-refractivity contribution >= 4 is 22.0 Å². The Kier molecular flexibility index (Phi) is 7.45. The van der Waals surface area contributed by atoms with Crippen molar-refractivity contribution in [2.45, 2.75) is 54.9 Å². The SMILES string of the molecule is CC(C)(C)CC(C)(C(=O)OCCNC(=O)CS(=O)(=O)O)C(C)(C)C. The minimum atomic E-state index is -4.36. The van der Waals surface area contributed by atoms with Crippen LogP contribution in [0.25, 0.3) is 0 Å². The molecule has 1 amide bonds. The van der Waals surface area contributed by atoms with Crippen molar-refractivity contribution in [1.82, 2.24) is 5.32 Å². The smallest absolute Gasteiger partial charge is 0.312 e. The first kappa shape index (κ1) is 22.9. The molecule has 0 fully saturated rings. The Balaban J connectivity index is 4.68. The van der Waals surface area contributed by atoms with Crippen molar-refractivity contribution in [2.24, 2.45) is 16.2 Å². The number of carbonyl (C=O) groups is 2. The lowest BCUT2D eigenvalue weighted by Gasteiger charge is -2.43. The van der Waals surface area contributed by atoms with Gasteiger partial charge in [0.2, 0.25) is 5.91 Å². The molecule has 0 aromatic carbocycles. The number of hydrogen-bond donors (Lipinski definition) is 2. The predicted molar refractivity (Wildman–Crippen MR) is 92.0 cm³/mol. The summed E-state index contributed by atoms with van der Waals surface area (Å²) in [6.45, 7) is 13.9. The fourth-order valence-electron chi connectivity index (χ4n) is 2.41. The number of rotatable bonds is 7. The van der Waals surface area contributed by atoms with Crippen LogP contribution in [0.3, 0.4) is 0 Å². The molecule has 7 nitrogen and oxygen atoms in total. The Morgan fingerprint density at radius 3 is 1.92 bits per heavy atom. The molecule has 0 saturated carbocycles. The molecule has 0 aromatic rings. The van der Waals surface area contributed by atoms with E-state index >= 15 is 0 Å². The van der Waals surface area contributed by atoms with E-state index in [2.05, 4.69) is 26.1 Å². The maximum atomic E-state index is 12.6. The van der Waals surface area contributed by atoms with Crippen LogP contribution in [0.1, 0.15) is 54.9 Å². The first-order chi connectivity index (χ1) is 10.5. The van der Waals surface area contributed by atoms with Crippen LogP contribution < -0.4 is 5.32 Å². The molecule has 142 valence electrons. The molecule has 0 heterocycles. The third-order valence-electron chi connectivity index (χ3n) is 3.96. The minimum absolute atomic E-state index is 0.0180. The Labute approximate surface area is 145 Å². The van der Waals surface area contributed by atoms with Crippen LogP contribution in [0.5, 0.6) is 0 Å². The van der Waals surface area contributed by atoms with Crippen LogP contribution in [0.2, 0.25) is 0 Å². The number of amides is 1. The first-order valence-electron chi connectivity index (χ1n) is 7.87. The number of carbonyl (C=O) groups excluding carboxylic acids is 2. The van der Waals surface area contributed by atoms with Gasteiger partial charge >= 0.3 is 5.97 Å². The third kappa shape index (κ3) is 8.10. The molecule has 0 aliphatic rings. The molecule has 1 atom stereocenters. The summed E-state index contributed by atoms with van der Waals surface area (Å²) in [6, 6.07) is 0. The van der Waals surface area contributed by atoms with Gasteiger partial charge in [-0.25, -0.2) is 0 Å². The van der Waals surface area contributed by atoms with E-state index in [1.54, 1.807) is 0 Å². The lowest BCUT2D eigenvalue weighted by molar-refractivity contribution is -0.164. The van der Waals surface area contributed by atoms with Gasteiger partial charge < -0.3 is 10.1 Å². The molecule has 0 rings (SSSR count). The second-order valence-corrected chi connectivity index (χ2v) is 9.98. The summed E-state index contributed by atoms with van der Waals surface area (Å²) in [5, 5.41) is 2.28. The Morgan fingerprint density at radius 2 is 1.54 bits per heavy atom. The fourth-order valence-corrected chi connectivity index (χ4v) is 2.85. The maximum absolute atomic E-state index is 12.6. The highest BCUT2D eigenvalue weighted by Gasteiger charge is 2.47. The van der Waals surface area contributed by atoms with Gasteiger partial charge in [0.05, 0.1) is 12.0 Å². The van der Waals surface area contributed by atoms with Gasteiger partial charge in [0.25, 0.3) is 10.1 Å². The topological polar surface area (TPSA) is 110 Å². The van der Waals surface area contributed by atoms with Crippen molar-refractivity contribution in [3.63, 3.8) is 0 Å². The van der Waals surface area contributed by atoms with E-state index in [-0.39, 0.29) is 30.0 Å². The monoisotopic (exact) mass is 365 g/mol. The van der Waals surface area contributed by atoms with Gasteiger partial charge in [-0.05, 0) is 24.2 Å². The molecular formula is C16H31NO6S. The van der Waals surface area contributed by atoms with Crippen LogP contribution >= 0.6 is 0 Å². The van der Waals surface area contributed by atoms with Gasteiger partial charge in [-0.1, -0.05) is 41.5 Å². The highest BCUT2D eigenvalue weighted by Crippen LogP contribution is 2.47. The Bertz CT molecular complexity index is 556. The molecule has 0 aromatic heterocycles. The standard InChI is InChI=1S/C16H31NO6S/c1-14(2,3)11-16(7,15(4,5)6)13(19)23-9-8-17-12(18)10-24(20,21)22/h8-11H2,1-7H3,(H,17,18)(H,20,21,22). The third-order valence-corrected chi connectivity index (χ3v) is 4.59. The van der Waals surface area contributed by atoms with E-state index < -0.39 is 27.2 Å². The molecule has 0 bridgehead atoms. The zero-order chi connectivity index (χ0) is 19.4. The van der Waals surface area contributed by atoms with Crippen LogP contribution in [0, 0.1) is 16.2 Å². The summed E-state index contributed by atoms with van der Waals surface area (Å²) in [6.07, 6.45) is 0.636. The largest absolute Gasteiger partial charge is 0.463 e. The van der Waals surface area contributed by atoms with E-state index in [0.29, 0.717) is 6.42 Å². The summed E-state index contributed by atoms with van der Waals surface area (Å²) < 4.78 is 35.0. The van der Waals surface area contributed by atoms with Gasteiger partial charge in [0.15, 0.2) is 5.75 Å². The van der Waals surface area contributed by atoms with Gasteiger partial charge in [0, 0.05) is 0 Å². The van der Waals surface area contributed by atoms with Crippen LogP contribution in [0.15, 0.2) is 0 Å². The Morgan fingerprint density at radius 1 is 1.04 bits per heavy atom. The predicted octanol–water partition coefficient (Wildman–Crippen LogP) is 2.02. The average Bonchev–Trinajstić information content (AvgIpc) is 2.28. The van der Waals surface area contributed by atoms with Crippen molar-refractivity contribution in [1.29, 1.82) is 0 Å². The van der Waals surface area contributed by atoms with Gasteiger partial charge in [-0.15, -0.1) is 0 Å². The molecule has 0 spiro atoms. The van der Waals surface area contributed by atoms with Crippen LogP contribution in [-0.2, 0) is 24.4 Å². The first-order valence-corrected chi connectivity index (χ1v) is 9.48. The molecule has 24 heavy (non-hydrogen) atoms. The van der Waals surface area contributed by atoms with E-state index in [1.165, 1.54) is 0 Å². The van der Waals surface area contributed by atoms with Crippen LogP contribution in [-0.4, -0.2) is 43.8 Å². The molecule has 8 heteroatoms. The lowest BCUT2D eigenvalue weighted by Crippen LogP contribution is -2.45. The summed E-state index contributed by atoms with van der Waals surface area (Å²) in [7, 11) is -4.36.